The number of rotatable bonds is 0. The molecule has 7 heteroatoms. The van der Waals surface area contributed by atoms with Crippen molar-refractivity contribution in [2.75, 3.05) is 0 Å². The zero-order valence-corrected chi connectivity index (χ0v) is 8.37. The molecule has 0 fully saturated rings. The summed E-state index contributed by atoms with van der Waals surface area (Å²) in [6, 6.07) is 2.01. The largest absolute Gasteiger partial charge is 0.417 e. The molecule has 0 radical (unpaired) electrons. The van der Waals surface area contributed by atoms with Crippen molar-refractivity contribution in [2.45, 2.75) is 19.3 Å². The van der Waals surface area contributed by atoms with E-state index < -0.39 is 29.0 Å². The van der Waals surface area contributed by atoms with Crippen LogP contribution in [0.1, 0.15) is 22.3 Å². The van der Waals surface area contributed by atoms with Crippen molar-refractivity contribution in [3.63, 3.8) is 0 Å². The van der Waals surface area contributed by atoms with E-state index in [1.54, 1.807) is 0 Å². The lowest BCUT2D eigenvalue weighted by Gasteiger charge is -2.15. The van der Waals surface area contributed by atoms with E-state index in [4.69, 9.17) is 5.26 Å². The van der Waals surface area contributed by atoms with Gasteiger partial charge >= 0.3 is 12.4 Å². The monoisotopic (exact) mass is 253 g/mol. The van der Waals surface area contributed by atoms with Gasteiger partial charge in [0, 0.05) is 0 Å². The molecule has 0 saturated carbocycles. The van der Waals surface area contributed by atoms with Crippen LogP contribution in [0.3, 0.4) is 0 Å². The molecule has 0 aliphatic heterocycles. The molecule has 0 bridgehead atoms. The van der Waals surface area contributed by atoms with Gasteiger partial charge in [-0.25, -0.2) is 0 Å². The Bertz CT molecular complexity index is 442. The fourth-order valence-electron chi connectivity index (χ4n) is 1.35. The normalized spacial score (nSPS) is 12.4. The van der Waals surface area contributed by atoms with Gasteiger partial charge in [0.15, 0.2) is 0 Å². The lowest BCUT2D eigenvalue weighted by Crippen LogP contribution is -2.15. The van der Waals surface area contributed by atoms with Gasteiger partial charge in [0.25, 0.3) is 0 Å². The molecular weight excluding hydrogens is 248 g/mol. The van der Waals surface area contributed by atoms with Crippen molar-refractivity contribution in [1.29, 1.82) is 5.26 Å². The quantitative estimate of drug-likeness (QED) is 0.643. The second-order valence-corrected chi connectivity index (χ2v) is 3.34. The average Bonchev–Trinajstić information content (AvgIpc) is 2.13. The molecule has 0 heterocycles. The first-order valence-electron chi connectivity index (χ1n) is 4.26. The minimum Gasteiger partial charge on any atom is -0.192 e. The van der Waals surface area contributed by atoms with Crippen molar-refractivity contribution in [3.8, 4) is 6.07 Å². The van der Waals surface area contributed by atoms with Crippen LogP contribution in [0.4, 0.5) is 26.3 Å². The maximum atomic E-state index is 12.5. The Morgan fingerprint density at radius 3 is 1.53 bits per heavy atom. The summed E-state index contributed by atoms with van der Waals surface area (Å²) < 4.78 is 74.8. The summed E-state index contributed by atoms with van der Waals surface area (Å²) in [6.45, 7) is 1.10. The average molecular weight is 253 g/mol. The van der Waals surface area contributed by atoms with E-state index in [9.17, 15) is 26.3 Å². The van der Waals surface area contributed by atoms with E-state index in [0.717, 1.165) is 13.0 Å². The second kappa shape index (κ2) is 3.95. The third kappa shape index (κ3) is 2.70. The molecule has 0 saturated heterocycles. The molecule has 0 aliphatic carbocycles. The van der Waals surface area contributed by atoms with Gasteiger partial charge in [-0.2, -0.15) is 31.6 Å². The Labute approximate surface area is 92.3 Å². The first kappa shape index (κ1) is 13.4. The highest BCUT2D eigenvalue weighted by atomic mass is 19.4. The first-order chi connectivity index (χ1) is 7.57. The highest BCUT2D eigenvalue weighted by Crippen LogP contribution is 2.39. The standard InChI is InChI=1S/C10H5F6N/c1-5-2-7(9(11,12)13)6(4-17)8(3-5)10(14,15)16/h2-3H,1H3. The Hall–Kier alpha value is -1.71. The first-order valence-corrected chi connectivity index (χ1v) is 4.26. The van der Waals surface area contributed by atoms with Gasteiger partial charge in [0.2, 0.25) is 0 Å². The fraction of sp³-hybridized carbons (Fsp3) is 0.300. The molecular formula is C10H5F6N. The van der Waals surface area contributed by atoms with E-state index in [1.165, 1.54) is 0 Å². The lowest BCUT2D eigenvalue weighted by atomic mass is 9.98. The van der Waals surface area contributed by atoms with Gasteiger partial charge in [0.1, 0.15) is 6.07 Å². The zero-order chi connectivity index (χ0) is 13.4. The van der Waals surface area contributed by atoms with Gasteiger partial charge in [-0.3, -0.25) is 0 Å². The molecule has 1 aromatic rings. The predicted octanol–water partition coefficient (Wildman–Crippen LogP) is 3.90. The maximum Gasteiger partial charge on any atom is 0.417 e. The molecule has 1 rings (SSSR count). The van der Waals surface area contributed by atoms with E-state index >= 15 is 0 Å². The number of halogens is 6. The lowest BCUT2D eigenvalue weighted by molar-refractivity contribution is -0.143. The van der Waals surface area contributed by atoms with Crippen molar-refractivity contribution < 1.29 is 26.3 Å². The van der Waals surface area contributed by atoms with E-state index in [0.29, 0.717) is 12.1 Å². The van der Waals surface area contributed by atoms with Crippen LogP contribution in [0.15, 0.2) is 12.1 Å². The fourth-order valence-corrected chi connectivity index (χ4v) is 1.35. The molecule has 0 unspecified atom stereocenters. The summed E-state index contributed by atoms with van der Waals surface area (Å²) in [6.07, 6.45) is -9.98. The van der Waals surface area contributed by atoms with Crippen molar-refractivity contribution in [1.82, 2.24) is 0 Å². The van der Waals surface area contributed by atoms with Crippen molar-refractivity contribution >= 4 is 0 Å². The molecule has 0 N–H and O–H groups in total. The highest BCUT2D eigenvalue weighted by Gasteiger charge is 2.41. The number of hydrogen-bond donors (Lipinski definition) is 0. The summed E-state index contributed by atoms with van der Waals surface area (Å²) in [5, 5.41) is 8.47. The third-order valence-corrected chi connectivity index (χ3v) is 2.01. The number of aryl methyl sites for hydroxylation is 1. The molecule has 0 spiro atoms. The van der Waals surface area contributed by atoms with Gasteiger partial charge in [-0.15, -0.1) is 0 Å². The van der Waals surface area contributed by atoms with Crippen LogP contribution >= 0.6 is 0 Å². The van der Waals surface area contributed by atoms with Crippen LogP contribution in [-0.4, -0.2) is 0 Å². The topological polar surface area (TPSA) is 23.8 Å². The highest BCUT2D eigenvalue weighted by molar-refractivity contribution is 5.49. The van der Waals surface area contributed by atoms with Crippen LogP contribution in [0, 0.1) is 18.3 Å². The predicted molar refractivity (Wildman–Crippen MR) is 45.9 cm³/mol. The number of hydrogen-bond acceptors (Lipinski definition) is 1. The minimum atomic E-state index is -4.99. The molecule has 1 aromatic carbocycles. The van der Waals surface area contributed by atoms with Gasteiger partial charge in [-0.1, -0.05) is 0 Å². The summed E-state index contributed by atoms with van der Waals surface area (Å²) in [5.74, 6) is 0. The Balaban J connectivity index is 3.66. The van der Waals surface area contributed by atoms with E-state index in [2.05, 4.69) is 0 Å². The number of alkyl halides is 6. The summed E-state index contributed by atoms with van der Waals surface area (Å²) in [7, 11) is 0. The smallest absolute Gasteiger partial charge is 0.192 e. The third-order valence-electron chi connectivity index (χ3n) is 2.01. The van der Waals surface area contributed by atoms with E-state index in [-0.39, 0.29) is 5.56 Å². The SMILES string of the molecule is Cc1cc(C(F)(F)F)c(C#N)c(C(F)(F)F)c1. The van der Waals surface area contributed by atoms with Crippen molar-refractivity contribution in [2.24, 2.45) is 0 Å². The second-order valence-electron chi connectivity index (χ2n) is 3.34. The number of nitrogens with zero attached hydrogens (tertiary/aromatic N) is 1. The van der Waals surface area contributed by atoms with Crippen molar-refractivity contribution in [3.05, 3.63) is 34.4 Å². The summed E-state index contributed by atoms with van der Waals surface area (Å²) >= 11 is 0. The van der Waals surface area contributed by atoms with Crippen LogP contribution in [-0.2, 0) is 12.4 Å². The summed E-state index contributed by atoms with van der Waals surface area (Å²) in [5.41, 5.74) is -4.72. The van der Waals surface area contributed by atoms with Crippen LogP contribution in [0.5, 0.6) is 0 Å². The molecule has 0 aromatic heterocycles. The molecule has 1 nitrogen and oxygen atoms in total. The molecule has 92 valence electrons. The Kier molecular flexibility index (Phi) is 3.10. The van der Waals surface area contributed by atoms with Gasteiger partial charge < -0.3 is 0 Å². The molecule has 17 heavy (non-hydrogen) atoms. The van der Waals surface area contributed by atoms with Gasteiger partial charge in [-0.05, 0) is 24.6 Å². The molecule has 0 aliphatic rings. The minimum absolute atomic E-state index is 0.205. The maximum absolute atomic E-state index is 12.5. The number of nitriles is 1. The van der Waals surface area contributed by atoms with Crippen LogP contribution in [0.2, 0.25) is 0 Å². The van der Waals surface area contributed by atoms with E-state index in [1.807, 2.05) is 0 Å². The zero-order valence-electron chi connectivity index (χ0n) is 8.37. The van der Waals surface area contributed by atoms with Gasteiger partial charge in [0.05, 0.1) is 16.7 Å². The number of benzene rings is 1. The molecule has 0 amide bonds. The summed E-state index contributed by atoms with van der Waals surface area (Å²) in [4.78, 5) is 0. The molecule has 0 atom stereocenters. The Morgan fingerprint density at radius 2 is 1.29 bits per heavy atom. The Morgan fingerprint density at radius 1 is 0.941 bits per heavy atom. The van der Waals surface area contributed by atoms with Crippen LogP contribution in [0.25, 0.3) is 0 Å². The van der Waals surface area contributed by atoms with Crippen LogP contribution < -0.4 is 0 Å².